The Balaban J connectivity index is 1.53. The van der Waals surface area contributed by atoms with Crippen LogP contribution in [0.2, 0.25) is 0 Å². The zero-order valence-corrected chi connectivity index (χ0v) is 20.1. The van der Waals surface area contributed by atoms with Gasteiger partial charge < -0.3 is 9.64 Å². The first kappa shape index (κ1) is 22.8. The minimum atomic E-state index is -0.405. The van der Waals surface area contributed by atoms with Crippen LogP contribution in [0.3, 0.4) is 0 Å². The maximum atomic E-state index is 12.5. The average molecular weight is 475 g/mol. The monoisotopic (exact) mass is 474 g/mol. The highest BCUT2D eigenvalue weighted by Crippen LogP contribution is 2.49. The molecule has 176 valence electrons. The summed E-state index contributed by atoms with van der Waals surface area (Å²) in [6, 6.07) is 25.8. The Labute approximate surface area is 206 Å². The van der Waals surface area contributed by atoms with E-state index in [1.807, 2.05) is 0 Å². The summed E-state index contributed by atoms with van der Waals surface area (Å²) in [5, 5.41) is 3.01. The second-order valence-electron chi connectivity index (χ2n) is 9.15. The van der Waals surface area contributed by atoms with Crippen molar-refractivity contribution in [3.05, 3.63) is 95.1 Å². The largest absolute Gasteiger partial charge is 0.449 e. The topological polar surface area (TPSA) is 41.6 Å². The van der Waals surface area contributed by atoms with Crippen molar-refractivity contribution in [1.29, 1.82) is 0 Å². The standard InChI is InChI=1S/C29H31ClN2O2/c30-15-7-8-18-34-29(33)31-23-19-26-24(21-9-3-1-4-10-21)13-16-32-17-14-25(27(20-23)28(26)32)22-11-5-2-6-12-22/h1-6,9-12,19-20,24-25H,7-8,13-18H2,(H,31,33). The van der Waals surface area contributed by atoms with Gasteiger partial charge in [-0.1, -0.05) is 60.7 Å². The number of hydrogen-bond donors (Lipinski definition) is 1. The van der Waals surface area contributed by atoms with E-state index in [0.29, 0.717) is 24.3 Å². The molecule has 0 fully saturated rings. The summed E-state index contributed by atoms with van der Waals surface area (Å²) >= 11 is 5.73. The van der Waals surface area contributed by atoms with Crippen LogP contribution in [0.25, 0.3) is 0 Å². The molecule has 0 saturated heterocycles. The molecule has 1 amide bonds. The lowest BCUT2D eigenvalue weighted by molar-refractivity contribution is 0.160. The van der Waals surface area contributed by atoms with E-state index in [1.165, 1.54) is 27.9 Å². The van der Waals surface area contributed by atoms with Gasteiger partial charge in [-0.3, -0.25) is 5.32 Å². The molecule has 5 heteroatoms. The molecule has 2 atom stereocenters. The van der Waals surface area contributed by atoms with Crippen molar-refractivity contribution in [3.63, 3.8) is 0 Å². The number of unbranched alkanes of at least 4 members (excludes halogenated alkanes) is 1. The van der Waals surface area contributed by atoms with Crippen LogP contribution in [0.15, 0.2) is 72.8 Å². The summed E-state index contributed by atoms with van der Waals surface area (Å²) in [7, 11) is 0. The SMILES string of the molecule is O=C(Nc1cc2c3c(c1)C(c1ccccc1)CCN3CCC2c1ccccc1)OCCCCCl. The zero-order chi connectivity index (χ0) is 23.3. The molecule has 0 saturated carbocycles. The highest BCUT2D eigenvalue weighted by Gasteiger charge is 2.35. The molecule has 5 rings (SSSR count). The first-order chi connectivity index (χ1) is 16.7. The predicted molar refractivity (Wildman–Crippen MR) is 139 cm³/mol. The molecule has 2 aliphatic heterocycles. The molecule has 0 spiro atoms. The van der Waals surface area contributed by atoms with Gasteiger partial charge in [-0.25, -0.2) is 4.79 Å². The van der Waals surface area contributed by atoms with E-state index in [4.69, 9.17) is 16.3 Å². The Kier molecular flexibility index (Phi) is 7.05. The number of halogens is 1. The van der Waals surface area contributed by atoms with Crippen LogP contribution in [0, 0.1) is 0 Å². The molecule has 2 aliphatic rings. The number of carbonyl (C=O) groups is 1. The number of hydrogen-bond acceptors (Lipinski definition) is 3. The number of nitrogens with zero attached hydrogens (tertiary/aromatic N) is 1. The molecule has 0 bridgehead atoms. The lowest BCUT2D eigenvalue weighted by atomic mass is 9.76. The molecule has 2 unspecified atom stereocenters. The second-order valence-corrected chi connectivity index (χ2v) is 9.53. The third-order valence-electron chi connectivity index (χ3n) is 7.02. The van der Waals surface area contributed by atoms with Crippen LogP contribution in [0.5, 0.6) is 0 Å². The Morgan fingerprint density at radius 3 is 1.97 bits per heavy atom. The number of nitrogens with one attached hydrogen (secondary N) is 1. The van der Waals surface area contributed by atoms with Gasteiger partial charge in [0, 0.05) is 42.2 Å². The predicted octanol–water partition coefficient (Wildman–Crippen LogP) is 7.13. The molecule has 0 aromatic heterocycles. The average Bonchev–Trinajstić information content (AvgIpc) is 2.88. The van der Waals surface area contributed by atoms with E-state index in [1.54, 1.807) is 0 Å². The Morgan fingerprint density at radius 1 is 0.882 bits per heavy atom. The van der Waals surface area contributed by atoms with Crippen LogP contribution >= 0.6 is 11.6 Å². The Bertz CT molecular complexity index is 1050. The van der Waals surface area contributed by atoms with E-state index < -0.39 is 6.09 Å². The van der Waals surface area contributed by atoms with Gasteiger partial charge in [0.2, 0.25) is 0 Å². The van der Waals surface area contributed by atoms with Crippen molar-refractivity contribution in [2.24, 2.45) is 0 Å². The van der Waals surface area contributed by atoms with Gasteiger partial charge in [0.25, 0.3) is 0 Å². The molecule has 3 aromatic carbocycles. The summed E-state index contributed by atoms with van der Waals surface area (Å²) in [5.41, 5.74) is 7.41. The van der Waals surface area contributed by atoms with Crippen LogP contribution in [-0.4, -0.2) is 31.7 Å². The van der Waals surface area contributed by atoms with Crippen molar-refractivity contribution in [2.45, 2.75) is 37.5 Å². The second kappa shape index (κ2) is 10.5. The number of rotatable bonds is 7. The molecule has 1 N–H and O–H groups in total. The highest BCUT2D eigenvalue weighted by atomic mass is 35.5. The van der Waals surface area contributed by atoms with E-state index in [0.717, 1.165) is 44.5 Å². The minimum Gasteiger partial charge on any atom is -0.449 e. The number of benzene rings is 3. The molecule has 4 nitrogen and oxygen atoms in total. The normalized spacial score (nSPS) is 18.8. The van der Waals surface area contributed by atoms with Crippen molar-refractivity contribution in [1.82, 2.24) is 0 Å². The summed E-state index contributed by atoms with van der Waals surface area (Å²) in [6.45, 7) is 2.48. The first-order valence-electron chi connectivity index (χ1n) is 12.3. The third-order valence-corrected chi connectivity index (χ3v) is 7.29. The lowest BCUT2D eigenvalue weighted by Crippen LogP contribution is -2.37. The Hall–Kier alpha value is -2.98. The lowest BCUT2D eigenvalue weighted by Gasteiger charge is -2.43. The molecule has 0 radical (unpaired) electrons. The van der Waals surface area contributed by atoms with Crippen LogP contribution < -0.4 is 10.2 Å². The van der Waals surface area contributed by atoms with Gasteiger partial charge in [0.05, 0.1) is 6.61 Å². The summed E-state index contributed by atoms with van der Waals surface area (Å²) in [5.74, 6) is 1.20. The number of ether oxygens (including phenoxy) is 1. The van der Waals surface area contributed by atoms with Crippen LogP contribution in [0.4, 0.5) is 16.2 Å². The van der Waals surface area contributed by atoms with E-state index >= 15 is 0 Å². The van der Waals surface area contributed by atoms with Crippen molar-refractivity contribution in [2.75, 3.05) is 35.8 Å². The number of amides is 1. The fraction of sp³-hybridized carbons (Fsp3) is 0.345. The van der Waals surface area contributed by atoms with Crippen LogP contribution in [-0.2, 0) is 4.74 Å². The van der Waals surface area contributed by atoms with Gasteiger partial charge in [0.15, 0.2) is 0 Å². The maximum Gasteiger partial charge on any atom is 0.411 e. The van der Waals surface area contributed by atoms with Gasteiger partial charge in [0.1, 0.15) is 0 Å². The summed E-state index contributed by atoms with van der Waals surface area (Å²) in [6.07, 6.45) is 3.34. The van der Waals surface area contributed by atoms with E-state index in [-0.39, 0.29) is 0 Å². The fourth-order valence-corrected chi connectivity index (χ4v) is 5.63. The molecule has 34 heavy (non-hydrogen) atoms. The van der Waals surface area contributed by atoms with Gasteiger partial charge >= 0.3 is 6.09 Å². The number of carbonyl (C=O) groups excluding carboxylic acids is 1. The van der Waals surface area contributed by atoms with Gasteiger partial charge in [-0.05, 0) is 60.1 Å². The highest BCUT2D eigenvalue weighted by molar-refractivity contribution is 6.17. The van der Waals surface area contributed by atoms with Crippen molar-refractivity contribution in [3.8, 4) is 0 Å². The minimum absolute atomic E-state index is 0.308. The van der Waals surface area contributed by atoms with Crippen molar-refractivity contribution >= 4 is 29.1 Å². The van der Waals surface area contributed by atoms with Gasteiger partial charge in [-0.2, -0.15) is 0 Å². The molecule has 0 aliphatic carbocycles. The van der Waals surface area contributed by atoms with E-state index in [9.17, 15) is 4.79 Å². The molecular weight excluding hydrogens is 444 g/mol. The summed E-state index contributed by atoms with van der Waals surface area (Å²) in [4.78, 5) is 15.1. The maximum absolute atomic E-state index is 12.5. The molecular formula is C29H31ClN2O2. The molecule has 3 aromatic rings. The van der Waals surface area contributed by atoms with Crippen LogP contribution in [0.1, 0.15) is 59.8 Å². The Morgan fingerprint density at radius 2 is 1.44 bits per heavy atom. The fourth-order valence-electron chi connectivity index (χ4n) is 5.44. The third kappa shape index (κ3) is 4.78. The smallest absolute Gasteiger partial charge is 0.411 e. The van der Waals surface area contributed by atoms with Crippen molar-refractivity contribution < 1.29 is 9.53 Å². The summed E-state index contributed by atoms with van der Waals surface area (Å²) < 4.78 is 5.40. The quantitative estimate of drug-likeness (QED) is 0.292. The van der Waals surface area contributed by atoms with E-state index in [2.05, 4.69) is 83.0 Å². The van der Waals surface area contributed by atoms with Gasteiger partial charge in [-0.15, -0.1) is 11.6 Å². The molecule has 2 heterocycles. The number of alkyl halides is 1. The zero-order valence-electron chi connectivity index (χ0n) is 19.4. The first-order valence-corrected chi connectivity index (χ1v) is 12.8. The number of anilines is 2.